The van der Waals surface area contributed by atoms with Gasteiger partial charge in [-0.2, -0.15) is 8.42 Å². The summed E-state index contributed by atoms with van der Waals surface area (Å²) in [6.07, 6.45) is 22.9. The zero-order chi connectivity index (χ0) is 40.6. The lowest BCUT2D eigenvalue weighted by Crippen LogP contribution is -2.60. The summed E-state index contributed by atoms with van der Waals surface area (Å²) in [6, 6.07) is 0. The average Bonchev–Trinajstić information content (AvgIpc) is 3.14. The molecule has 0 spiro atoms. The van der Waals surface area contributed by atoms with Crippen LogP contribution in [0.2, 0.25) is 0 Å². The molecule has 1 rings (SSSR count). The maximum Gasteiger partial charge on any atom is 0.306 e. The Bertz CT molecular complexity index is 1180. The molecule has 1 heterocycles. The first kappa shape index (κ1) is 50.9. The van der Waals surface area contributed by atoms with E-state index in [0.29, 0.717) is 12.8 Å². The van der Waals surface area contributed by atoms with Crippen LogP contribution in [0.5, 0.6) is 0 Å². The molecule has 320 valence electrons. The molecule has 0 aromatic carbocycles. The molecule has 0 bridgehead atoms. The molecule has 0 aliphatic carbocycles. The summed E-state index contributed by atoms with van der Waals surface area (Å²) in [5.41, 5.74) is 3.27. The minimum Gasteiger partial charge on any atom is -0.462 e. The van der Waals surface area contributed by atoms with Crippen LogP contribution in [0.15, 0.2) is 30.0 Å². The third kappa shape index (κ3) is 28.0. The van der Waals surface area contributed by atoms with Gasteiger partial charge in [-0.3, -0.25) is 14.1 Å². The van der Waals surface area contributed by atoms with E-state index in [9.17, 15) is 37.9 Å². The normalized spacial score (nSPS) is 20.6. The van der Waals surface area contributed by atoms with Crippen LogP contribution in [0, 0.1) is 0 Å². The fraction of sp³-hybridized carbons (Fsp3) is 0.833. The van der Waals surface area contributed by atoms with Crippen LogP contribution in [0.3, 0.4) is 0 Å². The number of hydrogen-bond donors (Lipinski definition) is 4. The van der Waals surface area contributed by atoms with Crippen molar-refractivity contribution in [1.82, 2.24) is 0 Å². The first-order valence-electron chi connectivity index (χ1n) is 21.1. The Balaban J connectivity index is 2.51. The van der Waals surface area contributed by atoms with Crippen LogP contribution in [-0.2, 0) is 38.7 Å². The second kappa shape index (κ2) is 32.9. The van der Waals surface area contributed by atoms with E-state index < -0.39 is 71.2 Å². The zero-order valence-electron chi connectivity index (χ0n) is 33.8. The lowest BCUT2D eigenvalue weighted by atomic mass is 10.00. The zero-order valence-corrected chi connectivity index (χ0v) is 34.6. The van der Waals surface area contributed by atoms with E-state index in [0.717, 1.165) is 77.0 Å². The SMILES string of the molecule is CCCCC/C=C/CCCCCCCC(=O)OC[C@H](CO[C@H]1O[C@H](CS(=O)(=O)O)[C@@H](O)C(O)C1O)OC(=O)CCCCCCCC=C=CCCCCCCC. The van der Waals surface area contributed by atoms with Gasteiger partial charge >= 0.3 is 11.9 Å². The van der Waals surface area contributed by atoms with Crippen molar-refractivity contribution in [2.24, 2.45) is 0 Å². The van der Waals surface area contributed by atoms with Crippen LogP contribution >= 0.6 is 0 Å². The second-order valence-electron chi connectivity index (χ2n) is 14.7. The van der Waals surface area contributed by atoms with Crippen molar-refractivity contribution in [3.63, 3.8) is 0 Å². The second-order valence-corrected chi connectivity index (χ2v) is 16.2. The predicted molar refractivity (Wildman–Crippen MR) is 214 cm³/mol. The highest BCUT2D eigenvalue weighted by Gasteiger charge is 2.46. The quantitative estimate of drug-likeness (QED) is 0.0163. The summed E-state index contributed by atoms with van der Waals surface area (Å²) >= 11 is 0. The van der Waals surface area contributed by atoms with Gasteiger partial charge in [0.25, 0.3) is 10.1 Å². The molecule has 1 aliphatic rings. The monoisotopic (exact) mass is 802 g/mol. The number of allylic oxidation sites excluding steroid dienone is 3. The predicted octanol–water partition coefficient (Wildman–Crippen LogP) is 7.82. The standard InChI is InChI=1S/C42H74O12S/c1-3-5-7-9-11-13-15-17-18-19-21-23-25-27-29-31-38(44)53-35(33-52-42-41(47)40(46)39(45)36(54-42)34-55(48,49)50)32-51-37(43)30-28-26-24-22-20-16-14-12-10-8-6-4-2/h12,14-15,18,35-36,39-42,45-47H,3-11,13,16,19-34H2,1-2H3,(H,48,49,50)/b14-12+/t17?,35-,36-,39-,40?,41?,42+/m1/s1. The van der Waals surface area contributed by atoms with E-state index in [-0.39, 0.29) is 19.4 Å². The van der Waals surface area contributed by atoms with Gasteiger partial charge in [0.05, 0.1) is 6.61 Å². The van der Waals surface area contributed by atoms with Crippen LogP contribution < -0.4 is 0 Å². The minimum atomic E-state index is -4.60. The number of aliphatic hydroxyl groups excluding tert-OH is 3. The Morgan fingerprint density at radius 2 is 1.15 bits per heavy atom. The molecule has 4 N–H and O–H groups in total. The van der Waals surface area contributed by atoms with Gasteiger partial charge < -0.3 is 34.3 Å². The first-order valence-corrected chi connectivity index (χ1v) is 22.7. The lowest BCUT2D eigenvalue weighted by Gasteiger charge is -2.40. The summed E-state index contributed by atoms with van der Waals surface area (Å²) in [7, 11) is -4.60. The van der Waals surface area contributed by atoms with Crippen LogP contribution in [0.4, 0.5) is 0 Å². The van der Waals surface area contributed by atoms with E-state index in [1.807, 2.05) is 0 Å². The van der Waals surface area contributed by atoms with Crippen LogP contribution in [0.1, 0.15) is 168 Å². The maximum absolute atomic E-state index is 12.8. The highest BCUT2D eigenvalue weighted by atomic mass is 32.2. The fourth-order valence-electron chi connectivity index (χ4n) is 6.18. The van der Waals surface area contributed by atoms with Gasteiger partial charge in [0, 0.05) is 12.8 Å². The molecule has 1 fully saturated rings. The largest absolute Gasteiger partial charge is 0.462 e. The Labute approximate surface area is 331 Å². The summed E-state index contributed by atoms with van der Waals surface area (Å²) in [5, 5.41) is 30.8. The number of unbranched alkanes of at least 4 members (excludes halogenated alkanes) is 18. The third-order valence-electron chi connectivity index (χ3n) is 9.53. The number of esters is 2. The number of carbonyl (C=O) groups is 2. The molecular weight excluding hydrogens is 729 g/mol. The number of aliphatic hydroxyl groups is 3. The molecule has 6 atom stereocenters. The number of rotatable bonds is 34. The highest BCUT2D eigenvalue weighted by Crippen LogP contribution is 2.24. The van der Waals surface area contributed by atoms with Crippen molar-refractivity contribution >= 4 is 22.1 Å². The molecule has 0 aromatic heterocycles. The number of hydrogen-bond acceptors (Lipinski definition) is 11. The minimum absolute atomic E-state index is 0.143. The molecule has 12 nitrogen and oxygen atoms in total. The van der Waals surface area contributed by atoms with Crippen molar-refractivity contribution < 1.29 is 56.8 Å². The molecule has 0 amide bonds. The number of carbonyl (C=O) groups excluding carboxylic acids is 2. The van der Waals surface area contributed by atoms with Crippen molar-refractivity contribution in [1.29, 1.82) is 0 Å². The Kier molecular flexibility index (Phi) is 30.5. The van der Waals surface area contributed by atoms with Gasteiger partial charge in [-0.25, -0.2) is 0 Å². The van der Waals surface area contributed by atoms with E-state index >= 15 is 0 Å². The van der Waals surface area contributed by atoms with Gasteiger partial charge in [-0.05, 0) is 76.4 Å². The number of ether oxygens (including phenoxy) is 4. The molecule has 2 unspecified atom stereocenters. The maximum atomic E-state index is 12.8. The molecular formula is C42H74O12S. The summed E-state index contributed by atoms with van der Waals surface area (Å²) in [4.78, 5) is 25.3. The van der Waals surface area contributed by atoms with E-state index in [1.54, 1.807) is 0 Å². The van der Waals surface area contributed by atoms with Gasteiger partial charge in [0.1, 0.15) is 36.8 Å². The van der Waals surface area contributed by atoms with Gasteiger partial charge in [0.2, 0.25) is 0 Å². The molecule has 0 aromatic rings. The van der Waals surface area contributed by atoms with Gasteiger partial charge in [-0.1, -0.05) is 103 Å². The van der Waals surface area contributed by atoms with Crippen molar-refractivity contribution in [3.05, 3.63) is 30.0 Å². The van der Waals surface area contributed by atoms with E-state index in [2.05, 4.69) is 43.9 Å². The average molecular weight is 803 g/mol. The fourth-order valence-corrected chi connectivity index (χ4v) is 6.87. The van der Waals surface area contributed by atoms with Crippen LogP contribution in [0.25, 0.3) is 0 Å². The molecule has 55 heavy (non-hydrogen) atoms. The molecule has 1 aliphatic heterocycles. The summed E-state index contributed by atoms with van der Waals surface area (Å²) in [6.45, 7) is 3.68. The molecule has 1 saturated heterocycles. The lowest BCUT2D eigenvalue weighted by molar-refractivity contribution is -0.297. The Morgan fingerprint density at radius 1 is 0.655 bits per heavy atom. The van der Waals surface area contributed by atoms with E-state index in [1.165, 1.54) is 51.4 Å². The Hall–Kier alpha value is -2.09. The van der Waals surface area contributed by atoms with Crippen molar-refractivity contribution in [3.8, 4) is 0 Å². The van der Waals surface area contributed by atoms with Gasteiger partial charge in [-0.15, -0.1) is 5.73 Å². The Morgan fingerprint density at radius 3 is 1.73 bits per heavy atom. The highest BCUT2D eigenvalue weighted by molar-refractivity contribution is 7.85. The first-order chi connectivity index (χ1) is 26.5. The van der Waals surface area contributed by atoms with Crippen LogP contribution in [-0.4, -0.2) is 96.0 Å². The summed E-state index contributed by atoms with van der Waals surface area (Å²) in [5.74, 6) is -2.02. The third-order valence-corrected chi connectivity index (χ3v) is 10.3. The van der Waals surface area contributed by atoms with Crippen molar-refractivity contribution in [2.75, 3.05) is 19.0 Å². The smallest absolute Gasteiger partial charge is 0.306 e. The van der Waals surface area contributed by atoms with E-state index in [4.69, 9.17) is 18.9 Å². The van der Waals surface area contributed by atoms with Crippen molar-refractivity contribution in [2.45, 2.75) is 205 Å². The molecule has 0 radical (unpaired) electrons. The molecule has 13 heteroatoms. The molecule has 0 saturated carbocycles. The van der Waals surface area contributed by atoms with Gasteiger partial charge in [0.15, 0.2) is 12.4 Å². The topological polar surface area (TPSA) is 186 Å². The summed E-state index contributed by atoms with van der Waals surface area (Å²) < 4.78 is 53.9.